The molecule has 0 bridgehead atoms. The molecule has 1 atom stereocenters. The average Bonchev–Trinajstić information content (AvgIpc) is 3.04. The van der Waals surface area contributed by atoms with E-state index in [9.17, 15) is 14.0 Å². The fraction of sp³-hybridized carbons (Fsp3) is 0.125. The van der Waals surface area contributed by atoms with Crippen LogP contribution < -0.4 is 10.3 Å². The number of nitrogens with zero attached hydrogens (tertiary/aromatic N) is 2. The molecule has 0 radical (unpaired) electrons. The third-order valence-electron chi connectivity index (χ3n) is 5.57. The summed E-state index contributed by atoms with van der Waals surface area (Å²) < 4.78 is 19.5. The van der Waals surface area contributed by atoms with Crippen LogP contribution in [0.25, 0.3) is 11.0 Å². The number of anilines is 1. The lowest BCUT2D eigenvalue weighted by atomic mass is 9.97. The molecule has 0 spiro atoms. The van der Waals surface area contributed by atoms with Gasteiger partial charge in [0.05, 0.1) is 17.0 Å². The Balaban J connectivity index is 1.83. The minimum atomic E-state index is -0.759. The molecule has 1 amide bonds. The van der Waals surface area contributed by atoms with Gasteiger partial charge in [0.15, 0.2) is 5.43 Å². The summed E-state index contributed by atoms with van der Waals surface area (Å²) in [6, 6.07) is 13.8. The highest BCUT2D eigenvalue weighted by molar-refractivity contribution is 6.10. The first-order chi connectivity index (χ1) is 14.5. The van der Waals surface area contributed by atoms with Crippen LogP contribution >= 0.6 is 0 Å². The van der Waals surface area contributed by atoms with Crippen LogP contribution in [0.15, 0.2) is 70.0 Å². The van der Waals surface area contributed by atoms with Crippen molar-refractivity contribution in [2.24, 2.45) is 0 Å². The normalized spacial score (nSPS) is 15.6. The molecule has 6 heteroatoms. The lowest BCUT2D eigenvalue weighted by molar-refractivity contribution is 0.0970. The van der Waals surface area contributed by atoms with E-state index < -0.39 is 17.8 Å². The Bertz CT molecular complexity index is 1360. The van der Waals surface area contributed by atoms with Gasteiger partial charge in [-0.25, -0.2) is 9.37 Å². The number of carbonyl (C=O) groups is 1. The van der Waals surface area contributed by atoms with Gasteiger partial charge in [-0.2, -0.15) is 0 Å². The van der Waals surface area contributed by atoms with E-state index in [1.165, 1.54) is 17.0 Å². The number of aromatic nitrogens is 1. The monoisotopic (exact) mass is 400 g/mol. The first kappa shape index (κ1) is 18.2. The number of hydrogen-bond donors (Lipinski definition) is 0. The van der Waals surface area contributed by atoms with E-state index >= 15 is 0 Å². The lowest BCUT2D eigenvalue weighted by Gasteiger charge is -2.24. The predicted molar refractivity (Wildman–Crippen MR) is 111 cm³/mol. The number of rotatable bonds is 2. The second-order valence-electron chi connectivity index (χ2n) is 7.42. The number of carbonyl (C=O) groups excluding carboxylic acids is 1. The smallest absolute Gasteiger partial charge is 0.296 e. The highest BCUT2D eigenvalue weighted by atomic mass is 19.1. The Morgan fingerprint density at radius 2 is 1.73 bits per heavy atom. The third kappa shape index (κ3) is 2.64. The summed E-state index contributed by atoms with van der Waals surface area (Å²) in [5.74, 6) is -0.464. The average molecular weight is 400 g/mol. The summed E-state index contributed by atoms with van der Waals surface area (Å²) in [7, 11) is 0. The molecule has 0 fully saturated rings. The first-order valence-corrected chi connectivity index (χ1v) is 9.53. The Hall–Kier alpha value is -3.80. The summed E-state index contributed by atoms with van der Waals surface area (Å²) >= 11 is 0. The van der Waals surface area contributed by atoms with E-state index in [0.29, 0.717) is 22.4 Å². The molecule has 0 aliphatic carbocycles. The molecule has 5 nitrogen and oxygen atoms in total. The van der Waals surface area contributed by atoms with Crippen molar-refractivity contribution in [2.75, 3.05) is 4.90 Å². The molecule has 148 valence electrons. The van der Waals surface area contributed by atoms with Gasteiger partial charge in [0, 0.05) is 6.20 Å². The van der Waals surface area contributed by atoms with Gasteiger partial charge >= 0.3 is 0 Å². The molecule has 0 saturated carbocycles. The minimum Gasteiger partial charge on any atom is -0.450 e. The molecular weight excluding hydrogens is 383 g/mol. The minimum absolute atomic E-state index is 0.00395. The molecule has 0 saturated heterocycles. The van der Waals surface area contributed by atoms with Crippen molar-refractivity contribution in [3.05, 3.63) is 105 Å². The summed E-state index contributed by atoms with van der Waals surface area (Å²) in [4.78, 5) is 32.6. The van der Waals surface area contributed by atoms with E-state index in [2.05, 4.69) is 4.98 Å². The Labute approximate surface area is 171 Å². The number of fused-ring (bicyclic) bond motifs is 2. The number of hydrogen-bond acceptors (Lipinski definition) is 4. The number of pyridine rings is 1. The van der Waals surface area contributed by atoms with Crippen molar-refractivity contribution in [3.8, 4) is 0 Å². The predicted octanol–water partition coefficient (Wildman–Crippen LogP) is 4.69. The van der Waals surface area contributed by atoms with E-state index in [-0.39, 0.29) is 16.8 Å². The van der Waals surface area contributed by atoms with Crippen LogP contribution in [-0.2, 0) is 0 Å². The maximum Gasteiger partial charge on any atom is 0.296 e. The van der Waals surface area contributed by atoms with Crippen molar-refractivity contribution in [2.45, 2.75) is 19.9 Å². The van der Waals surface area contributed by atoms with Gasteiger partial charge in [-0.15, -0.1) is 0 Å². The van der Waals surface area contributed by atoms with E-state index in [1.54, 1.807) is 48.7 Å². The maximum absolute atomic E-state index is 13.6. The Morgan fingerprint density at radius 1 is 1.00 bits per heavy atom. The van der Waals surface area contributed by atoms with E-state index in [4.69, 9.17) is 4.42 Å². The Kier molecular flexibility index (Phi) is 4.03. The van der Waals surface area contributed by atoms with Crippen LogP contribution in [0.5, 0.6) is 0 Å². The SMILES string of the molecule is Cc1cc2oc3c(c(=O)c2cc1C)[C@H](c1ccc(F)cc1)N(c1ccccn1)C3=O. The molecule has 5 rings (SSSR count). The zero-order chi connectivity index (χ0) is 21.0. The van der Waals surface area contributed by atoms with Crippen LogP contribution in [0.3, 0.4) is 0 Å². The van der Waals surface area contributed by atoms with E-state index in [0.717, 1.165) is 11.1 Å². The van der Waals surface area contributed by atoms with Gasteiger partial charge in [0.2, 0.25) is 5.76 Å². The first-order valence-electron chi connectivity index (χ1n) is 9.53. The fourth-order valence-corrected chi connectivity index (χ4v) is 3.92. The summed E-state index contributed by atoms with van der Waals surface area (Å²) in [6.07, 6.45) is 1.58. The topological polar surface area (TPSA) is 63.4 Å². The van der Waals surface area contributed by atoms with Gasteiger partial charge in [0.25, 0.3) is 5.91 Å². The van der Waals surface area contributed by atoms with Gasteiger partial charge in [-0.05, 0) is 66.9 Å². The van der Waals surface area contributed by atoms with Crippen LogP contribution in [0.1, 0.15) is 38.9 Å². The van der Waals surface area contributed by atoms with Crippen LogP contribution in [0.4, 0.5) is 10.2 Å². The fourth-order valence-electron chi connectivity index (χ4n) is 3.92. The number of halogens is 1. The second kappa shape index (κ2) is 6.62. The molecule has 0 unspecified atom stereocenters. The highest BCUT2D eigenvalue weighted by Crippen LogP contribution is 2.40. The molecule has 30 heavy (non-hydrogen) atoms. The molecule has 4 aromatic rings. The zero-order valence-electron chi connectivity index (χ0n) is 16.3. The largest absolute Gasteiger partial charge is 0.450 e. The standard InChI is InChI=1S/C24H17FN2O3/c1-13-11-17-18(12-14(13)2)30-23-20(22(17)28)21(15-6-8-16(25)9-7-15)27(24(23)29)19-5-3-4-10-26-19/h3-12,21H,1-2H3/t21-/m0/s1. The van der Waals surface area contributed by atoms with Crippen LogP contribution in [0, 0.1) is 19.7 Å². The number of benzene rings is 2. The second-order valence-corrected chi connectivity index (χ2v) is 7.42. The molecule has 3 heterocycles. The quantitative estimate of drug-likeness (QED) is 0.490. The van der Waals surface area contributed by atoms with Crippen molar-refractivity contribution in [3.63, 3.8) is 0 Å². The van der Waals surface area contributed by atoms with E-state index in [1.807, 2.05) is 13.8 Å². The van der Waals surface area contributed by atoms with Gasteiger partial charge in [-0.3, -0.25) is 14.5 Å². The van der Waals surface area contributed by atoms with Gasteiger partial charge in [-0.1, -0.05) is 18.2 Å². The van der Waals surface area contributed by atoms with Crippen molar-refractivity contribution < 1.29 is 13.6 Å². The molecule has 1 aliphatic heterocycles. The molecular formula is C24H17FN2O3. The summed E-state index contributed by atoms with van der Waals surface area (Å²) in [6.45, 7) is 3.84. The van der Waals surface area contributed by atoms with Gasteiger partial charge in [0.1, 0.15) is 17.2 Å². The summed E-state index contributed by atoms with van der Waals surface area (Å²) in [5.41, 5.74) is 2.87. The maximum atomic E-state index is 13.6. The Morgan fingerprint density at radius 3 is 2.43 bits per heavy atom. The zero-order valence-corrected chi connectivity index (χ0v) is 16.3. The molecule has 0 N–H and O–H groups in total. The van der Waals surface area contributed by atoms with Crippen molar-refractivity contribution in [1.29, 1.82) is 0 Å². The highest BCUT2D eigenvalue weighted by Gasteiger charge is 2.44. The van der Waals surface area contributed by atoms with Crippen LogP contribution in [-0.4, -0.2) is 10.9 Å². The number of aryl methyl sites for hydroxylation is 2. The molecule has 2 aromatic carbocycles. The number of amides is 1. The lowest BCUT2D eigenvalue weighted by Crippen LogP contribution is -2.30. The van der Waals surface area contributed by atoms with Crippen molar-refractivity contribution in [1.82, 2.24) is 4.98 Å². The molecule has 2 aromatic heterocycles. The molecule has 1 aliphatic rings. The van der Waals surface area contributed by atoms with Crippen LogP contribution in [0.2, 0.25) is 0 Å². The van der Waals surface area contributed by atoms with Crippen molar-refractivity contribution >= 4 is 22.7 Å². The summed E-state index contributed by atoms with van der Waals surface area (Å²) in [5, 5.41) is 0.416. The third-order valence-corrected chi connectivity index (χ3v) is 5.57. The van der Waals surface area contributed by atoms with Gasteiger partial charge < -0.3 is 4.42 Å².